The third-order valence-corrected chi connectivity index (χ3v) is 1.62. The molecule has 5 nitrogen and oxygen atoms in total. The zero-order valence-corrected chi connectivity index (χ0v) is 8.46. The molecule has 0 amide bonds. The maximum atomic E-state index is 11.0. The number of aryl methyl sites for hydroxylation is 1. The van der Waals surface area contributed by atoms with Crippen molar-refractivity contribution < 1.29 is 4.74 Å². The van der Waals surface area contributed by atoms with E-state index in [9.17, 15) is 4.79 Å². The van der Waals surface area contributed by atoms with Gasteiger partial charge in [0.25, 0.3) is 5.56 Å². The minimum Gasteiger partial charge on any atom is -0.380 e. The first kappa shape index (κ1) is 10.7. The lowest BCUT2D eigenvalue weighted by Crippen LogP contribution is -2.15. The fourth-order valence-electron chi connectivity index (χ4n) is 1.07. The van der Waals surface area contributed by atoms with Gasteiger partial charge in [-0.15, -0.1) is 0 Å². The van der Waals surface area contributed by atoms with Gasteiger partial charge in [0.2, 0.25) is 0 Å². The van der Waals surface area contributed by atoms with Crippen LogP contribution in [0.1, 0.15) is 12.7 Å². The first-order valence-corrected chi connectivity index (χ1v) is 4.62. The highest BCUT2D eigenvalue weighted by molar-refractivity contribution is 5.32. The summed E-state index contributed by atoms with van der Waals surface area (Å²) < 4.78 is 5.14. The van der Waals surface area contributed by atoms with Crippen molar-refractivity contribution in [1.82, 2.24) is 9.97 Å². The van der Waals surface area contributed by atoms with Crippen molar-refractivity contribution in [3.05, 3.63) is 22.2 Å². The summed E-state index contributed by atoms with van der Waals surface area (Å²) in [6.07, 6.45) is 0. The summed E-state index contributed by atoms with van der Waals surface area (Å²) in [4.78, 5) is 17.7. The van der Waals surface area contributed by atoms with E-state index in [4.69, 9.17) is 4.74 Å². The summed E-state index contributed by atoms with van der Waals surface area (Å²) in [6.45, 7) is 5.65. The third-order valence-electron chi connectivity index (χ3n) is 1.62. The second-order valence-electron chi connectivity index (χ2n) is 2.84. The molecule has 0 aliphatic heterocycles. The Bertz CT molecular complexity index is 335. The Kier molecular flexibility index (Phi) is 4.12. The predicted molar refractivity (Wildman–Crippen MR) is 54.6 cm³/mol. The number of aromatic amines is 1. The lowest BCUT2D eigenvalue weighted by molar-refractivity contribution is 0.158. The van der Waals surface area contributed by atoms with Gasteiger partial charge in [0.05, 0.1) is 6.61 Å². The van der Waals surface area contributed by atoms with Crippen molar-refractivity contribution in [3.63, 3.8) is 0 Å². The molecule has 0 aliphatic rings. The maximum Gasteiger partial charge on any atom is 0.252 e. The van der Waals surface area contributed by atoms with Crippen LogP contribution < -0.4 is 10.9 Å². The molecule has 0 unspecified atom stereocenters. The standard InChI is InChI=1S/C9H15N3O2/c1-3-14-5-4-10-8-6-9(13)12-7(2)11-8/h6H,3-5H2,1-2H3,(H2,10,11,12,13). The van der Waals surface area contributed by atoms with E-state index in [2.05, 4.69) is 15.3 Å². The van der Waals surface area contributed by atoms with Crippen LogP contribution >= 0.6 is 0 Å². The van der Waals surface area contributed by atoms with Gasteiger partial charge in [-0.25, -0.2) is 4.98 Å². The molecule has 0 spiro atoms. The van der Waals surface area contributed by atoms with Gasteiger partial charge in [-0.2, -0.15) is 0 Å². The van der Waals surface area contributed by atoms with Gasteiger partial charge in [0.1, 0.15) is 11.6 Å². The zero-order valence-electron chi connectivity index (χ0n) is 8.46. The topological polar surface area (TPSA) is 67.0 Å². The Balaban J connectivity index is 2.46. The first-order valence-electron chi connectivity index (χ1n) is 4.62. The fraction of sp³-hybridized carbons (Fsp3) is 0.556. The van der Waals surface area contributed by atoms with E-state index >= 15 is 0 Å². The number of rotatable bonds is 5. The molecule has 0 bridgehead atoms. The number of aromatic nitrogens is 2. The number of ether oxygens (including phenoxy) is 1. The van der Waals surface area contributed by atoms with Crippen LogP contribution in [0.5, 0.6) is 0 Å². The molecule has 78 valence electrons. The van der Waals surface area contributed by atoms with E-state index in [0.29, 0.717) is 31.4 Å². The van der Waals surface area contributed by atoms with Gasteiger partial charge in [0, 0.05) is 19.2 Å². The average molecular weight is 197 g/mol. The first-order chi connectivity index (χ1) is 6.72. The molecular formula is C9H15N3O2. The predicted octanol–water partition coefficient (Wildman–Crippen LogP) is 0.527. The van der Waals surface area contributed by atoms with Gasteiger partial charge in [-0.1, -0.05) is 0 Å². The van der Waals surface area contributed by atoms with Crippen molar-refractivity contribution >= 4 is 5.82 Å². The van der Waals surface area contributed by atoms with Gasteiger partial charge >= 0.3 is 0 Å². The van der Waals surface area contributed by atoms with Crippen LogP contribution in [0.4, 0.5) is 5.82 Å². The van der Waals surface area contributed by atoms with Gasteiger partial charge in [-0.3, -0.25) is 4.79 Å². The maximum absolute atomic E-state index is 11.0. The highest BCUT2D eigenvalue weighted by atomic mass is 16.5. The fourth-order valence-corrected chi connectivity index (χ4v) is 1.07. The van der Waals surface area contributed by atoms with Crippen LogP contribution in [-0.4, -0.2) is 29.7 Å². The second-order valence-corrected chi connectivity index (χ2v) is 2.84. The molecule has 0 aliphatic carbocycles. The summed E-state index contributed by atoms with van der Waals surface area (Å²) in [5.41, 5.74) is -0.142. The Hall–Kier alpha value is -1.36. The van der Waals surface area contributed by atoms with Gasteiger partial charge in [-0.05, 0) is 13.8 Å². The van der Waals surface area contributed by atoms with E-state index in [0.717, 1.165) is 0 Å². The second kappa shape index (κ2) is 5.39. The van der Waals surface area contributed by atoms with Crippen LogP contribution in [0.2, 0.25) is 0 Å². The molecule has 5 heteroatoms. The van der Waals surface area contributed by atoms with Crippen LogP contribution in [0.15, 0.2) is 10.9 Å². The molecule has 1 heterocycles. The Morgan fingerprint density at radius 1 is 1.64 bits per heavy atom. The lowest BCUT2D eigenvalue weighted by Gasteiger charge is -2.05. The minimum atomic E-state index is -0.142. The Labute approximate surface area is 82.5 Å². The number of nitrogens with zero attached hydrogens (tertiary/aromatic N) is 1. The summed E-state index contributed by atoms with van der Waals surface area (Å²) >= 11 is 0. The minimum absolute atomic E-state index is 0.142. The Morgan fingerprint density at radius 2 is 2.43 bits per heavy atom. The molecule has 0 fully saturated rings. The van der Waals surface area contributed by atoms with Crippen molar-refractivity contribution in [2.24, 2.45) is 0 Å². The summed E-state index contributed by atoms with van der Waals surface area (Å²) in [7, 11) is 0. The number of hydrogen-bond acceptors (Lipinski definition) is 4. The van der Waals surface area contributed by atoms with E-state index in [-0.39, 0.29) is 5.56 Å². The third kappa shape index (κ3) is 3.57. The van der Waals surface area contributed by atoms with Crippen LogP contribution in [0.25, 0.3) is 0 Å². The van der Waals surface area contributed by atoms with Crippen LogP contribution in [0, 0.1) is 6.92 Å². The summed E-state index contributed by atoms with van der Waals surface area (Å²) in [5.74, 6) is 1.20. The molecular weight excluding hydrogens is 182 g/mol. The van der Waals surface area contributed by atoms with Crippen LogP contribution in [0.3, 0.4) is 0 Å². The van der Waals surface area contributed by atoms with Crippen molar-refractivity contribution in [2.75, 3.05) is 25.1 Å². The Morgan fingerprint density at radius 3 is 3.07 bits per heavy atom. The number of anilines is 1. The average Bonchev–Trinajstić information content (AvgIpc) is 2.11. The van der Waals surface area contributed by atoms with E-state index in [1.807, 2.05) is 6.92 Å². The molecule has 1 rings (SSSR count). The summed E-state index contributed by atoms with van der Waals surface area (Å²) in [5, 5.41) is 3.00. The smallest absolute Gasteiger partial charge is 0.252 e. The molecule has 0 atom stereocenters. The number of hydrogen-bond donors (Lipinski definition) is 2. The molecule has 1 aromatic heterocycles. The molecule has 2 N–H and O–H groups in total. The van der Waals surface area contributed by atoms with E-state index in [1.165, 1.54) is 6.07 Å². The normalized spacial score (nSPS) is 10.1. The van der Waals surface area contributed by atoms with E-state index < -0.39 is 0 Å². The quantitative estimate of drug-likeness (QED) is 0.675. The molecule has 1 aromatic rings. The van der Waals surface area contributed by atoms with Crippen molar-refractivity contribution in [3.8, 4) is 0 Å². The highest BCUT2D eigenvalue weighted by Crippen LogP contribution is 1.96. The monoisotopic (exact) mass is 197 g/mol. The SMILES string of the molecule is CCOCCNc1cc(=O)[nH]c(C)n1. The lowest BCUT2D eigenvalue weighted by atomic mass is 10.5. The van der Waals surface area contributed by atoms with E-state index in [1.54, 1.807) is 6.92 Å². The molecule has 0 saturated heterocycles. The zero-order chi connectivity index (χ0) is 10.4. The van der Waals surface area contributed by atoms with Crippen molar-refractivity contribution in [1.29, 1.82) is 0 Å². The summed E-state index contributed by atoms with van der Waals surface area (Å²) in [6, 6.07) is 1.43. The molecule has 0 radical (unpaired) electrons. The molecule has 0 aromatic carbocycles. The number of H-pyrrole nitrogens is 1. The largest absolute Gasteiger partial charge is 0.380 e. The number of nitrogens with one attached hydrogen (secondary N) is 2. The van der Waals surface area contributed by atoms with Gasteiger partial charge in [0.15, 0.2) is 0 Å². The molecule has 14 heavy (non-hydrogen) atoms. The van der Waals surface area contributed by atoms with Crippen molar-refractivity contribution in [2.45, 2.75) is 13.8 Å². The molecule has 0 saturated carbocycles. The highest BCUT2D eigenvalue weighted by Gasteiger charge is 1.96. The van der Waals surface area contributed by atoms with Gasteiger partial charge < -0.3 is 15.0 Å². The van der Waals surface area contributed by atoms with Crippen LogP contribution in [-0.2, 0) is 4.74 Å².